The fraction of sp³-hybridized carbons (Fsp3) is 1.00. The highest BCUT2D eigenvalue weighted by molar-refractivity contribution is 7.85. The van der Waals surface area contributed by atoms with Gasteiger partial charge in [0.1, 0.15) is 0 Å². The molecule has 0 heterocycles. The van der Waals surface area contributed by atoms with Gasteiger partial charge in [-0.3, -0.25) is 13.7 Å². The minimum atomic E-state index is -3.67. The lowest BCUT2D eigenvalue weighted by Crippen LogP contribution is -1.88. The van der Waals surface area contributed by atoms with E-state index in [-0.39, 0.29) is 0 Å². The fourth-order valence-electron chi connectivity index (χ4n) is 0. The Balaban J connectivity index is -0.000000144. The van der Waals surface area contributed by atoms with Crippen LogP contribution < -0.4 is 0 Å². The zero-order valence-corrected chi connectivity index (χ0v) is 10.8. The third-order valence-corrected chi connectivity index (χ3v) is 0. The molecule has 9 nitrogen and oxygen atoms in total. The third-order valence-electron chi connectivity index (χ3n) is 0. The van der Waals surface area contributed by atoms with Gasteiger partial charge in [0.25, 0.3) is 10.1 Å². The lowest BCUT2D eigenvalue weighted by molar-refractivity contribution is 0.379. The molecule has 0 aliphatic heterocycles. The van der Waals surface area contributed by atoms with E-state index in [0.29, 0.717) is 6.26 Å². The molecule has 0 fully saturated rings. The van der Waals surface area contributed by atoms with Crippen LogP contribution in [-0.4, -0.2) is 52.1 Å². The van der Waals surface area contributed by atoms with E-state index in [4.69, 9.17) is 24.1 Å². The summed E-state index contributed by atoms with van der Waals surface area (Å²) in [7, 11) is -10.9. The molecule has 96 valence electrons. The van der Waals surface area contributed by atoms with Crippen LogP contribution in [0.3, 0.4) is 0 Å². The summed E-state index contributed by atoms with van der Waals surface area (Å²) in [6.45, 7) is 1.71. The van der Waals surface area contributed by atoms with E-state index in [0.717, 1.165) is 13.3 Å². The number of rotatable bonds is 0. The lowest BCUT2D eigenvalue weighted by atomic mass is 12.0. The topological polar surface area (TPSA) is 169 Å². The maximum absolute atomic E-state index is 9.33. The van der Waals surface area contributed by atoms with Crippen LogP contribution in [0, 0.1) is 0 Å². The van der Waals surface area contributed by atoms with Crippen LogP contribution in [0.2, 0.25) is 0 Å². The Labute approximate surface area is 87.2 Å². The lowest BCUT2D eigenvalue weighted by Gasteiger charge is -1.84. The molecule has 0 amide bonds. The standard InChI is InChI=1S/2CH5O3P.CH4O3S/c3*1-5(2,3)4/h2*1H3,(H2,2,3,4);1H3,(H,2,3,4). The van der Waals surface area contributed by atoms with Crippen molar-refractivity contribution in [3.05, 3.63) is 0 Å². The van der Waals surface area contributed by atoms with Crippen LogP contribution in [0.5, 0.6) is 0 Å². The van der Waals surface area contributed by atoms with Crippen molar-refractivity contribution in [2.75, 3.05) is 19.6 Å². The molecule has 0 bridgehead atoms. The predicted molar refractivity (Wildman–Crippen MR) is 53.4 cm³/mol. The molecular formula is C3H14O9P2S. The predicted octanol–water partition coefficient (Wildman–Crippen LogP) is -0.908. The first-order chi connectivity index (χ1) is 6.00. The minimum absolute atomic E-state index is 0.715. The van der Waals surface area contributed by atoms with E-state index < -0.39 is 25.3 Å². The van der Waals surface area contributed by atoms with E-state index in [1.807, 2.05) is 0 Å². The summed E-state index contributed by atoms with van der Waals surface area (Å²) >= 11 is 0. The molecule has 0 aromatic rings. The van der Waals surface area contributed by atoms with Gasteiger partial charge in [0.05, 0.1) is 6.26 Å². The Bertz CT molecular complexity index is 288. The second-order valence-corrected chi connectivity index (χ2v) is 7.21. The van der Waals surface area contributed by atoms with Crippen molar-refractivity contribution in [2.45, 2.75) is 0 Å². The van der Waals surface area contributed by atoms with Gasteiger partial charge in [-0.25, -0.2) is 0 Å². The summed E-state index contributed by atoms with van der Waals surface area (Å²) in [6.07, 6.45) is 0.715. The average molecular weight is 288 g/mol. The van der Waals surface area contributed by atoms with Crippen molar-refractivity contribution < 1.29 is 41.7 Å². The van der Waals surface area contributed by atoms with Gasteiger partial charge in [0.2, 0.25) is 0 Å². The monoisotopic (exact) mass is 288 g/mol. The van der Waals surface area contributed by atoms with Crippen molar-refractivity contribution >= 4 is 25.3 Å². The first-order valence-corrected chi connectivity index (χ1v) is 8.95. The van der Waals surface area contributed by atoms with E-state index in [2.05, 4.69) is 0 Å². The molecule has 0 aliphatic carbocycles. The highest BCUT2D eigenvalue weighted by Gasteiger charge is 1.96. The Kier molecular flexibility index (Phi) is 10.3. The van der Waals surface area contributed by atoms with Gasteiger partial charge in [-0.1, -0.05) is 0 Å². The number of hydrogen-bond acceptors (Lipinski definition) is 4. The van der Waals surface area contributed by atoms with Gasteiger partial charge in [-0.05, 0) is 0 Å². The van der Waals surface area contributed by atoms with Crippen molar-refractivity contribution in [3.63, 3.8) is 0 Å². The highest BCUT2D eigenvalue weighted by atomic mass is 32.2. The van der Waals surface area contributed by atoms with Crippen molar-refractivity contribution in [2.24, 2.45) is 0 Å². The maximum Gasteiger partial charge on any atom is 0.322 e. The molecule has 5 N–H and O–H groups in total. The summed E-state index contributed by atoms with van der Waals surface area (Å²) in [6, 6.07) is 0. The van der Waals surface area contributed by atoms with Crippen LogP contribution in [0.25, 0.3) is 0 Å². The Hall–Kier alpha value is 0.210. The molecule has 0 atom stereocenters. The van der Waals surface area contributed by atoms with Gasteiger partial charge >= 0.3 is 15.2 Å². The Morgan fingerprint density at radius 3 is 0.867 bits per heavy atom. The second kappa shape index (κ2) is 7.48. The molecule has 0 rings (SSSR count). The summed E-state index contributed by atoms with van der Waals surface area (Å²) in [4.78, 5) is 30.5. The third kappa shape index (κ3) is 48000. The van der Waals surface area contributed by atoms with Crippen molar-refractivity contribution in [1.29, 1.82) is 0 Å². The zero-order valence-electron chi connectivity index (χ0n) is 8.17. The normalized spacial score (nSPS) is 11.7. The molecule has 0 saturated carbocycles. The van der Waals surface area contributed by atoms with Crippen LogP contribution in [0.4, 0.5) is 0 Å². The maximum atomic E-state index is 9.33. The molecule has 12 heteroatoms. The summed E-state index contributed by atoms with van der Waals surface area (Å²) in [5.41, 5.74) is 0. The zero-order chi connectivity index (χ0) is 13.5. The Morgan fingerprint density at radius 1 is 0.867 bits per heavy atom. The summed E-state index contributed by atoms with van der Waals surface area (Å²) < 4.78 is 44.5. The van der Waals surface area contributed by atoms with Crippen molar-refractivity contribution in [1.82, 2.24) is 0 Å². The van der Waals surface area contributed by atoms with Crippen LogP contribution >= 0.6 is 15.2 Å². The van der Waals surface area contributed by atoms with Gasteiger partial charge in [0, 0.05) is 13.3 Å². The van der Waals surface area contributed by atoms with E-state index in [1.54, 1.807) is 0 Å². The van der Waals surface area contributed by atoms with Crippen LogP contribution in [0.15, 0.2) is 0 Å². The quantitative estimate of drug-likeness (QED) is 0.279. The summed E-state index contributed by atoms with van der Waals surface area (Å²) in [5, 5.41) is 0. The van der Waals surface area contributed by atoms with Gasteiger partial charge < -0.3 is 19.6 Å². The van der Waals surface area contributed by atoms with Gasteiger partial charge in [-0.2, -0.15) is 8.42 Å². The average Bonchev–Trinajstić information content (AvgIpc) is 1.41. The van der Waals surface area contributed by atoms with Crippen LogP contribution in [-0.2, 0) is 19.2 Å². The highest BCUT2D eigenvalue weighted by Crippen LogP contribution is 2.27. The molecule has 0 unspecified atom stereocenters. The van der Waals surface area contributed by atoms with E-state index in [9.17, 15) is 17.5 Å². The summed E-state index contributed by atoms with van der Waals surface area (Å²) in [5.74, 6) is 0. The molecular weight excluding hydrogens is 274 g/mol. The largest absolute Gasteiger partial charge is 0.325 e. The molecule has 0 aromatic carbocycles. The molecule has 0 saturated heterocycles. The Morgan fingerprint density at radius 2 is 0.867 bits per heavy atom. The van der Waals surface area contributed by atoms with Gasteiger partial charge in [0.15, 0.2) is 0 Å². The van der Waals surface area contributed by atoms with E-state index >= 15 is 0 Å². The van der Waals surface area contributed by atoms with Crippen LogP contribution in [0.1, 0.15) is 0 Å². The smallest absolute Gasteiger partial charge is 0.322 e. The SMILES string of the molecule is CP(=O)(O)O.CP(=O)(O)O.CS(=O)(=O)O. The fourth-order valence-corrected chi connectivity index (χ4v) is 0. The first kappa shape index (κ1) is 20.6. The number of hydrogen-bond donors (Lipinski definition) is 5. The second-order valence-electron chi connectivity index (χ2n) is 2.40. The van der Waals surface area contributed by atoms with Gasteiger partial charge in [-0.15, -0.1) is 0 Å². The molecule has 15 heavy (non-hydrogen) atoms. The minimum Gasteiger partial charge on any atom is -0.325 e. The van der Waals surface area contributed by atoms with Crippen molar-refractivity contribution in [3.8, 4) is 0 Å². The van der Waals surface area contributed by atoms with E-state index in [1.165, 1.54) is 0 Å². The molecule has 0 aromatic heterocycles. The molecule has 0 aliphatic rings. The first-order valence-electron chi connectivity index (χ1n) is 2.98. The molecule has 0 spiro atoms. The molecule has 0 radical (unpaired) electrons.